The third kappa shape index (κ3) is 3.36. The lowest BCUT2D eigenvalue weighted by Gasteiger charge is -2.02. The van der Waals surface area contributed by atoms with Crippen LogP contribution in [0.25, 0.3) is 0 Å². The number of aryl methyl sites for hydroxylation is 1. The number of benzene rings is 1. The Bertz CT molecular complexity index is 355. The number of rotatable bonds is 5. The van der Waals surface area contributed by atoms with Crippen molar-refractivity contribution in [3.8, 4) is 0 Å². The molecule has 1 aromatic rings. The van der Waals surface area contributed by atoms with Crippen molar-refractivity contribution in [1.82, 2.24) is 0 Å². The van der Waals surface area contributed by atoms with E-state index in [-0.39, 0.29) is 11.6 Å². The quantitative estimate of drug-likeness (QED) is 0.454. The van der Waals surface area contributed by atoms with Gasteiger partial charge in [0.25, 0.3) is 5.69 Å². The highest BCUT2D eigenvalue weighted by Crippen LogP contribution is 2.22. The average molecular weight is 248 g/mol. The molecule has 15 heavy (non-hydrogen) atoms. The van der Waals surface area contributed by atoms with Crippen molar-refractivity contribution in [3.63, 3.8) is 0 Å². The first kappa shape index (κ1) is 12.3. The van der Waals surface area contributed by atoms with E-state index in [1.165, 1.54) is 0 Å². The number of hydrogen-bond donors (Lipinski definition) is 0. The summed E-state index contributed by atoms with van der Waals surface area (Å²) in [7, 11) is 0. The molecule has 0 fully saturated rings. The van der Waals surface area contributed by atoms with Gasteiger partial charge in [-0.05, 0) is 18.4 Å². The largest absolute Gasteiger partial charge is 0.274 e. The van der Waals surface area contributed by atoms with Crippen LogP contribution in [0.3, 0.4) is 0 Å². The molecule has 0 heterocycles. The van der Waals surface area contributed by atoms with Gasteiger partial charge in [-0.3, -0.25) is 10.1 Å². The van der Waals surface area contributed by atoms with Gasteiger partial charge in [0.2, 0.25) is 0 Å². The number of hydrogen-bond acceptors (Lipinski definition) is 2. The Morgan fingerprint density at radius 1 is 1.33 bits per heavy atom. The third-order valence-electron chi connectivity index (χ3n) is 2.09. The maximum atomic E-state index is 10.7. The lowest BCUT2D eigenvalue weighted by atomic mass is 10.1. The van der Waals surface area contributed by atoms with E-state index < -0.39 is 4.92 Å². The van der Waals surface area contributed by atoms with E-state index in [2.05, 4.69) is 0 Å². The number of nitrogens with zero attached hydrogens (tertiary/aromatic N) is 1. The van der Waals surface area contributed by atoms with Crippen LogP contribution in [0.5, 0.6) is 0 Å². The molecule has 0 N–H and O–H groups in total. The van der Waals surface area contributed by atoms with E-state index in [4.69, 9.17) is 23.2 Å². The van der Waals surface area contributed by atoms with Crippen LogP contribution in [0.2, 0.25) is 0 Å². The Kier molecular flexibility index (Phi) is 4.85. The summed E-state index contributed by atoms with van der Waals surface area (Å²) in [5, 5.41) is 10.7. The minimum atomic E-state index is -0.401. The molecule has 1 aromatic carbocycles. The minimum Gasteiger partial charge on any atom is -0.258 e. The van der Waals surface area contributed by atoms with Crippen molar-refractivity contribution in [2.75, 3.05) is 5.88 Å². The monoisotopic (exact) mass is 247 g/mol. The molecule has 3 nitrogen and oxygen atoms in total. The first-order chi connectivity index (χ1) is 7.19. The summed E-state index contributed by atoms with van der Waals surface area (Å²) in [6.07, 6.45) is 1.58. The van der Waals surface area contributed by atoms with Crippen LogP contribution in [0.15, 0.2) is 18.2 Å². The third-order valence-corrected chi connectivity index (χ3v) is 2.64. The maximum Gasteiger partial charge on any atom is 0.274 e. The summed E-state index contributed by atoms with van der Waals surface area (Å²) in [4.78, 5) is 10.3. The molecule has 0 aliphatic heterocycles. The lowest BCUT2D eigenvalue weighted by Crippen LogP contribution is -1.96. The van der Waals surface area contributed by atoms with Gasteiger partial charge in [-0.1, -0.05) is 12.1 Å². The summed E-state index contributed by atoms with van der Waals surface area (Å²) < 4.78 is 0. The molecular formula is C10H11Cl2NO2. The molecule has 0 saturated heterocycles. The Morgan fingerprint density at radius 2 is 2.07 bits per heavy atom. The fraction of sp³-hybridized carbons (Fsp3) is 0.400. The molecule has 0 aliphatic rings. The van der Waals surface area contributed by atoms with Crippen molar-refractivity contribution in [1.29, 1.82) is 0 Å². The highest BCUT2D eigenvalue weighted by Gasteiger charge is 2.13. The molecule has 0 aliphatic carbocycles. The molecular weight excluding hydrogens is 237 g/mol. The zero-order chi connectivity index (χ0) is 11.3. The molecule has 0 amide bonds. The highest BCUT2D eigenvalue weighted by atomic mass is 35.5. The fourth-order valence-electron chi connectivity index (χ4n) is 1.32. The molecule has 0 bridgehead atoms. The molecule has 5 heteroatoms. The average Bonchev–Trinajstić information content (AvgIpc) is 2.25. The van der Waals surface area contributed by atoms with Crippen LogP contribution in [0, 0.1) is 10.1 Å². The van der Waals surface area contributed by atoms with E-state index in [1.807, 2.05) is 6.07 Å². The summed E-state index contributed by atoms with van der Waals surface area (Å²) in [6.45, 7) is 0. The van der Waals surface area contributed by atoms with Gasteiger partial charge < -0.3 is 0 Å². The van der Waals surface area contributed by atoms with Crippen molar-refractivity contribution in [3.05, 3.63) is 39.4 Å². The standard InChI is InChI=1S/C10H11Cl2NO2/c11-5-1-2-8-3-4-9(7-12)10(6-8)13(14)15/h3-4,6H,1-2,5,7H2. The predicted octanol–water partition coefficient (Wildman–Crippen LogP) is 3.51. The van der Waals surface area contributed by atoms with Gasteiger partial charge in [-0.25, -0.2) is 0 Å². The smallest absolute Gasteiger partial charge is 0.258 e. The van der Waals surface area contributed by atoms with Gasteiger partial charge in [0.05, 0.1) is 10.8 Å². The molecule has 0 aromatic heterocycles. The van der Waals surface area contributed by atoms with Gasteiger partial charge in [0, 0.05) is 17.5 Å². The van der Waals surface area contributed by atoms with Crippen LogP contribution in [0.1, 0.15) is 17.5 Å². The Labute approximate surface area is 98.2 Å². The Balaban J connectivity index is 2.94. The molecule has 0 atom stereocenters. The van der Waals surface area contributed by atoms with Crippen LogP contribution in [-0.4, -0.2) is 10.8 Å². The second kappa shape index (κ2) is 5.93. The van der Waals surface area contributed by atoms with Gasteiger partial charge >= 0.3 is 0 Å². The summed E-state index contributed by atoms with van der Waals surface area (Å²) >= 11 is 11.2. The van der Waals surface area contributed by atoms with E-state index in [0.29, 0.717) is 11.4 Å². The zero-order valence-corrected chi connectivity index (χ0v) is 9.59. The van der Waals surface area contributed by atoms with Crippen LogP contribution < -0.4 is 0 Å². The van der Waals surface area contributed by atoms with Gasteiger partial charge in [-0.2, -0.15) is 0 Å². The van der Waals surface area contributed by atoms with E-state index in [0.717, 1.165) is 18.4 Å². The second-order valence-corrected chi connectivity index (χ2v) is 3.79. The Hall–Kier alpha value is -0.800. The zero-order valence-electron chi connectivity index (χ0n) is 8.08. The first-order valence-corrected chi connectivity index (χ1v) is 5.64. The van der Waals surface area contributed by atoms with Crippen molar-refractivity contribution in [2.45, 2.75) is 18.7 Å². The summed E-state index contributed by atoms with van der Waals surface area (Å²) in [5.41, 5.74) is 1.57. The second-order valence-electron chi connectivity index (χ2n) is 3.15. The van der Waals surface area contributed by atoms with Gasteiger partial charge in [-0.15, -0.1) is 23.2 Å². The molecule has 0 radical (unpaired) electrons. The van der Waals surface area contributed by atoms with Crippen molar-refractivity contribution in [2.24, 2.45) is 0 Å². The minimum absolute atomic E-state index is 0.0945. The molecule has 0 spiro atoms. The summed E-state index contributed by atoms with van der Waals surface area (Å²) in [6, 6.07) is 5.14. The normalized spacial score (nSPS) is 10.3. The van der Waals surface area contributed by atoms with E-state index in [1.54, 1.807) is 12.1 Å². The number of nitro groups is 1. The van der Waals surface area contributed by atoms with E-state index in [9.17, 15) is 10.1 Å². The Morgan fingerprint density at radius 3 is 2.60 bits per heavy atom. The lowest BCUT2D eigenvalue weighted by molar-refractivity contribution is -0.385. The SMILES string of the molecule is O=[N+]([O-])c1cc(CCCCl)ccc1CCl. The predicted molar refractivity (Wildman–Crippen MR) is 61.7 cm³/mol. The van der Waals surface area contributed by atoms with Crippen LogP contribution >= 0.6 is 23.2 Å². The topological polar surface area (TPSA) is 43.1 Å². The first-order valence-electron chi connectivity index (χ1n) is 4.57. The van der Waals surface area contributed by atoms with Gasteiger partial charge in [0.15, 0.2) is 0 Å². The van der Waals surface area contributed by atoms with Crippen molar-refractivity contribution >= 4 is 28.9 Å². The summed E-state index contributed by atoms with van der Waals surface area (Å²) in [5.74, 6) is 0.719. The number of alkyl halides is 2. The van der Waals surface area contributed by atoms with E-state index >= 15 is 0 Å². The molecule has 1 rings (SSSR count). The fourth-order valence-corrected chi connectivity index (χ4v) is 1.68. The molecule has 82 valence electrons. The number of nitro benzene ring substituents is 1. The van der Waals surface area contributed by atoms with Crippen molar-refractivity contribution < 1.29 is 4.92 Å². The molecule has 0 unspecified atom stereocenters. The highest BCUT2D eigenvalue weighted by molar-refractivity contribution is 6.17. The van der Waals surface area contributed by atoms with Crippen LogP contribution in [-0.2, 0) is 12.3 Å². The van der Waals surface area contributed by atoms with Gasteiger partial charge in [0.1, 0.15) is 0 Å². The maximum absolute atomic E-state index is 10.7. The number of halogens is 2. The molecule has 0 saturated carbocycles. The van der Waals surface area contributed by atoms with Crippen LogP contribution in [0.4, 0.5) is 5.69 Å².